The monoisotopic (exact) mass is 529 g/mol. The molecule has 0 unspecified atom stereocenters. The van der Waals surface area contributed by atoms with E-state index in [9.17, 15) is 9.59 Å². The van der Waals surface area contributed by atoms with E-state index >= 15 is 0 Å². The molecule has 2 amide bonds. The molecule has 0 N–H and O–H groups in total. The summed E-state index contributed by atoms with van der Waals surface area (Å²) in [6.45, 7) is 0.625. The van der Waals surface area contributed by atoms with E-state index in [2.05, 4.69) is 15.9 Å². The molecule has 0 saturated carbocycles. The highest BCUT2D eigenvalue weighted by Gasteiger charge is 2.35. The Kier molecular flexibility index (Phi) is 6.52. The standard InChI is InChI=1S/C28H20BrNO3S/c29-24-13-7-5-11-21(24)17-30-27(31)26(34-28(30)32)16-23-22-12-6-4-10-20(22)14-15-25(23)33-18-19-8-2-1-3-9-19/h1-16H,17-18H2/b26-16+. The lowest BCUT2D eigenvalue weighted by atomic mass is 10.0. The van der Waals surface area contributed by atoms with Gasteiger partial charge in [-0.15, -0.1) is 0 Å². The van der Waals surface area contributed by atoms with Crippen molar-refractivity contribution < 1.29 is 14.3 Å². The van der Waals surface area contributed by atoms with Crippen LogP contribution in [-0.2, 0) is 17.9 Å². The van der Waals surface area contributed by atoms with Crippen molar-refractivity contribution in [2.45, 2.75) is 13.2 Å². The predicted octanol–water partition coefficient (Wildman–Crippen LogP) is 7.42. The van der Waals surface area contributed by atoms with Gasteiger partial charge in [0.2, 0.25) is 0 Å². The molecule has 1 aliphatic rings. The van der Waals surface area contributed by atoms with Crippen molar-refractivity contribution in [2.24, 2.45) is 0 Å². The second kappa shape index (κ2) is 9.87. The Bertz CT molecular complexity index is 1420. The molecule has 0 aliphatic carbocycles. The number of hydrogen-bond acceptors (Lipinski definition) is 4. The summed E-state index contributed by atoms with van der Waals surface area (Å²) in [5.41, 5.74) is 2.72. The third-order valence-corrected chi connectivity index (χ3v) is 7.28. The number of carbonyl (C=O) groups is 2. The summed E-state index contributed by atoms with van der Waals surface area (Å²) < 4.78 is 7.04. The fourth-order valence-electron chi connectivity index (χ4n) is 3.85. The topological polar surface area (TPSA) is 46.6 Å². The molecular formula is C28H20BrNO3S. The van der Waals surface area contributed by atoms with E-state index in [1.165, 1.54) is 4.90 Å². The first-order chi connectivity index (χ1) is 16.6. The van der Waals surface area contributed by atoms with Crippen LogP contribution in [0.5, 0.6) is 5.75 Å². The number of halogens is 1. The maximum Gasteiger partial charge on any atom is 0.293 e. The van der Waals surface area contributed by atoms with E-state index in [0.29, 0.717) is 17.3 Å². The minimum absolute atomic E-state index is 0.219. The van der Waals surface area contributed by atoms with E-state index in [1.54, 1.807) is 6.08 Å². The molecule has 5 rings (SSSR count). The highest BCUT2D eigenvalue weighted by molar-refractivity contribution is 9.10. The number of amides is 2. The number of fused-ring (bicyclic) bond motifs is 1. The Morgan fingerprint density at radius 3 is 2.41 bits per heavy atom. The van der Waals surface area contributed by atoms with Crippen molar-refractivity contribution in [1.29, 1.82) is 0 Å². The van der Waals surface area contributed by atoms with Crippen LogP contribution in [0, 0.1) is 0 Å². The minimum Gasteiger partial charge on any atom is -0.488 e. The molecule has 4 aromatic carbocycles. The zero-order valence-corrected chi connectivity index (χ0v) is 20.5. The van der Waals surface area contributed by atoms with Gasteiger partial charge in [0.1, 0.15) is 12.4 Å². The van der Waals surface area contributed by atoms with E-state index in [0.717, 1.165) is 43.7 Å². The van der Waals surface area contributed by atoms with E-state index in [1.807, 2.05) is 91.0 Å². The molecule has 1 aliphatic heterocycles. The van der Waals surface area contributed by atoms with E-state index in [-0.39, 0.29) is 17.7 Å². The molecule has 0 spiro atoms. The fourth-order valence-corrected chi connectivity index (χ4v) is 5.08. The first-order valence-corrected chi connectivity index (χ1v) is 12.4. The summed E-state index contributed by atoms with van der Waals surface area (Å²) >= 11 is 4.46. The highest BCUT2D eigenvalue weighted by atomic mass is 79.9. The molecule has 1 saturated heterocycles. The van der Waals surface area contributed by atoms with Crippen LogP contribution in [0.25, 0.3) is 16.8 Å². The summed E-state index contributed by atoms with van der Waals surface area (Å²) in [4.78, 5) is 27.6. The lowest BCUT2D eigenvalue weighted by molar-refractivity contribution is -0.123. The van der Waals surface area contributed by atoms with Gasteiger partial charge in [-0.2, -0.15) is 0 Å². The van der Waals surface area contributed by atoms with E-state index in [4.69, 9.17) is 4.74 Å². The maximum absolute atomic E-state index is 13.2. The molecule has 4 aromatic rings. The zero-order chi connectivity index (χ0) is 23.5. The summed E-state index contributed by atoms with van der Waals surface area (Å²) in [5.74, 6) is 0.368. The Hall–Kier alpha value is -3.35. The zero-order valence-electron chi connectivity index (χ0n) is 18.1. The molecule has 1 fully saturated rings. The van der Waals surface area contributed by atoms with Crippen molar-refractivity contribution in [1.82, 2.24) is 4.90 Å². The Balaban J connectivity index is 1.49. The fraction of sp³-hybridized carbons (Fsp3) is 0.0714. The van der Waals surface area contributed by atoms with E-state index < -0.39 is 0 Å². The van der Waals surface area contributed by atoms with Crippen LogP contribution in [0.1, 0.15) is 16.7 Å². The summed E-state index contributed by atoms with van der Waals surface area (Å²) in [6, 6.07) is 29.4. The maximum atomic E-state index is 13.2. The van der Waals surface area contributed by atoms with Crippen LogP contribution in [0.3, 0.4) is 0 Å². The lowest BCUT2D eigenvalue weighted by Crippen LogP contribution is -2.27. The second-order valence-corrected chi connectivity index (χ2v) is 9.68. The molecule has 0 atom stereocenters. The molecule has 0 bridgehead atoms. The van der Waals surface area contributed by atoms with Crippen molar-refractivity contribution in [3.8, 4) is 5.75 Å². The number of nitrogens with zero attached hydrogens (tertiary/aromatic N) is 1. The van der Waals surface area contributed by atoms with Crippen LogP contribution in [0.15, 0.2) is 100 Å². The molecule has 168 valence electrons. The third kappa shape index (κ3) is 4.65. The van der Waals surface area contributed by atoms with Gasteiger partial charge in [-0.1, -0.05) is 94.8 Å². The molecule has 34 heavy (non-hydrogen) atoms. The highest BCUT2D eigenvalue weighted by Crippen LogP contribution is 2.38. The minimum atomic E-state index is -0.298. The van der Waals surface area contributed by atoms with Crippen LogP contribution in [0.4, 0.5) is 4.79 Å². The van der Waals surface area contributed by atoms with Gasteiger partial charge in [0.25, 0.3) is 11.1 Å². The Labute approximate surface area is 210 Å². The van der Waals surface area contributed by atoms with Crippen molar-refractivity contribution in [3.05, 3.63) is 117 Å². The van der Waals surface area contributed by atoms with Gasteiger partial charge >= 0.3 is 0 Å². The SMILES string of the molecule is O=C1S/C(=C/c2c(OCc3ccccc3)ccc3ccccc23)C(=O)N1Cc1ccccc1Br. The van der Waals surface area contributed by atoms with Crippen molar-refractivity contribution in [2.75, 3.05) is 0 Å². The van der Waals surface area contributed by atoms with Gasteiger partial charge in [0.05, 0.1) is 11.4 Å². The smallest absolute Gasteiger partial charge is 0.293 e. The van der Waals surface area contributed by atoms with Crippen LogP contribution in [-0.4, -0.2) is 16.0 Å². The molecule has 0 radical (unpaired) electrons. The summed E-state index contributed by atoms with van der Waals surface area (Å²) in [7, 11) is 0. The van der Waals surface area contributed by atoms with Gasteiger partial charge in [0.15, 0.2) is 0 Å². The quantitative estimate of drug-likeness (QED) is 0.244. The van der Waals surface area contributed by atoms with Gasteiger partial charge in [0, 0.05) is 10.0 Å². The number of benzene rings is 4. The van der Waals surface area contributed by atoms with Crippen LogP contribution >= 0.6 is 27.7 Å². The van der Waals surface area contributed by atoms with Gasteiger partial charge in [-0.3, -0.25) is 14.5 Å². The number of carbonyl (C=O) groups excluding carboxylic acids is 2. The number of thioether (sulfide) groups is 1. The molecule has 0 aromatic heterocycles. The first-order valence-electron chi connectivity index (χ1n) is 10.8. The predicted molar refractivity (Wildman–Crippen MR) is 140 cm³/mol. The van der Waals surface area contributed by atoms with Crippen LogP contribution < -0.4 is 4.74 Å². The number of rotatable bonds is 6. The van der Waals surface area contributed by atoms with Gasteiger partial charge < -0.3 is 4.74 Å². The average molecular weight is 530 g/mol. The summed E-state index contributed by atoms with van der Waals surface area (Å²) in [6.07, 6.45) is 1.79. The number of hydrogen-bond donors (Lipinski definition) is 0. The average Bonchev–Trinajstić information content (AvgIpc) is 3.13. The van der Waals surface area contributed by atoms with Crippen LogP contribution in [0.2, 0.25) is 0 Å². The Morgan fingerprint density at radius 1 is 0.853 bits per heavy atom. The van der Waals surface area contributed by atoms with Gasteiger partial charge in [-0.25, -0.2) is 0 Å². The third-order valence-electron chi connectivity index (χ3n) is 5.60. The molecular weight excluding hydrogens is 510 g/mol. The Morgan fingerprint density at radius 2 is 1.59 bits per heavy atom. The van der Waals surface area contributed by atoms with Crippen molar-refractivity contribution in [3.63, 3.8) is 0 Å². The van der Waals surface area contributed by atoms with Crippen molar-refractivity contribution >= 4 is 55.7 Å². The first kappa shape index (κ1) is 22.4. The number of ether oxygens (including phenoxy) is 1. The summed E-state index contributed by atoms with van der Waals surface area (Å²) in [5, 5.41) is 1.72. The molecule has 6 heteroatoms. The lowest BCUT2D eigenvalue weighted by Gasteiger charge is -2.14. The van der Waals surface area contributed by atoms with Gasteiger partial charge in [-0.05, 0) is 51.9 Å². The molecule has 1 heterocycles. The second-order valence-electron chi connectivity index (χ2n) is 7.83. The number of imide groups is 1. The normalized spacial score (nSPS) is 14.9. The molecule has 4 nitrogen and oxygen atoms in total. The largest absolute Gasteiger partial charge is 0.488 e.